The summed E-state index contributed by atoms with van der Waals surface area (Å²) in [6.07, 6.45) is 0.715. The highest BCUT2D eigenvalue weighted by molar-refractivity contribution is 7.80. The van der Waals surface area contributed by atoms with E-state index in [0.29, 0.717) is 11.4 Å². The van der Waals surface area contributed by atoms with Crippen LogP contribution in [0.3, 0.4) is 0 Å². The van der Waals surface area contributed by atoms with Gasteiger partial charge in [-0.3, -0.25) is 0 Å². The Hall–Kier alpha value is -0.945. The maximum absolute atomic E-state index is 8.86. The summed E-state index contributed by atoms with van der Waals surface area (Å²) in [5.41, 5.74) is 7.09. The molecule has 0 saturated carbocycles. The molecule has 0 unspecified atom stereocenters. The molecule has 1 aromatic rings. The van der Waals surface area contributed by atoms with Crippen LogP contribution in [0.2, 0.25) is 0 Å². The van der Waals surface area contributed by atoms with Gasteiger partial charge in [-0.1, -0.05) is 42.5 Å². The van der Waals surface area contributed by atoms with E-state index in [-0.39, 0.29) is 12.5 Å². The molecular formula is C11H17BN2O2S. The highest BCUT2D eigenvalue weighted by Gasteiger charge is 2.18. The zero-order valence-corrected chi connectivity index (χ0v) is 10.6. The lowest BCUT2D eigenvalue weighted by Gasteiger charge is -2.24. The summed E-state index contributed by atoms with van der Waals surface area (Å²) in [4.78, 5) is 2.12. The van der Waals surface area contributed by atoms with Crippen LogP contribution in [0.25, 0.3) is 0 Å². The quantitative estimate of drug-likeness (QED) is 0.501. The number of hydrogen-bond acceptors (Lipinski definition) is 4. The molecular weight excluding hydrogens is 235 g/mol. The summed E-state index contributed by atoms with van der Waals surface area (Å²) in [6.45, 7) is 0. The first-order valence-electron chi connectivity index (χ1n) is 5.41. The van der Waals surface area contributed by atoms with Crippen molar-refractivity contribution in [1.82, 2.24) is 4.90 Å². The van der Waals surface area contributed by atoms with Crippen LogP contribution in [-0.4, -0.2) is 46.6 Å². The molecule has 0 heterocycles. The van der Waals surface area contributed by atoms with Gasteiger partial charge in [0, 0.05) is 7.05 Å². The second-order valence-corrected chi connectivity index (χ2v) is 4.41. The third-order valence-electron chi connectivity index (χ3n) is 2.43. The Kier molecular flexibility index (Phi) is 5.57. The van der Waals surface area contributed by atoms with Crippen molar-refractivity contribution >= 4 is 24.3 Å². The van der Waals surface area contributed by atoms with Gasteiger partial charge in [-0.05, 0) is 12.0 Å². The van der Waals surface area contributed by atoms with Crippen molar-refractivity contribution in [2.75, 3.05) is 13.5 Å². The maximum atomic E-state index is 8.86. The van der Waals surface area contributed by atoms with E-state index in [1.165, 1.54) is 0 Å². The van der Waals surface area contributed by atoms with Gasteiger partial charge in [0.05, 0.1) is 17.5 Å². The third-order valence-corrected chi connectivity index (χ3v) is 3.04. The van der Waals surface area contributed by atoms with E-state index < -0.39 is 7.12 Å². The molecule has 0 bridgehead atoms. The van der Waals surface area contributed by atoms with Gasteiger partial charge in [0.25, 0.3) is 0 Å². The van der Waals surface area contributed by atoms with Crippen molar-refractivity contribution in [1.29, 1.82) is 0 Å². The Morgan fingerprint density at radius 2 is 2.00 bits per heavy atom. The van der Waals surface area contributed by atoms with Crippen LogP contribution in [-0.2, 0) is 6.42 Å². The van der Waals surface area contributed by atoms with Gasteiger partial charge in [0.1, 0.15) is 0 Å². The molecule has 17 heavy (non-hydrogen) atoms. The molecule has 0 radical (unpaired) electrons. The van der Waals surface area contributed by atoms with Gasteiger partial charge < -0.3 is 20.7 Å². The van der Waals surface area contributed by atoms with Crippen LogP contribution in [0.1, 0.15) is 5.56 Å². The van der Waals surface area contributed by atoms with Crippen molar-refractivity contribution in [2.45, 2.75) is 12.5 Å². The molecule has 0 aromatic heterocycles. The summed E-state index contributed by atoms with van der Waals surface area (Å²) >= 11 is 5.20. The molecule has 0 saturated heterocycles. The van der Waals surface area contributed by atoms with E-state index in [1.807, 2.05) is 30.3 Å². The summed E-state index contributed by atoms with van der Waals surface area (Å²) < 4.78 is 0. The fourth-order valence-electron chi connectivity index (χ4n) is 1.57. The van der Waals surface area contributed by atoms with E-state index in [4.69, 9.17) is 28.0 Å². The van der Waals surface area contributed by atoms with Crippen LogP contribution in [0.4, 0.5) is 0 Å². The molecule has 1 atom stereocenters. The summed E-state index contributed by atoms with van der Waals surface area (Å²) in [5.74, 6) is 0. The molecule has 0 amide bonds. The molecule has 1 rings (SSSR count). The summed E-state index contributed by atoms with van der Waals surface area (Å²) in [5, 5.41) is 17.7. The van der Waals surface area contributed by atoms with Gasteiger partial charge >= 0.3 is 7.12 Å². The zero-order chi connectivity index (χ0) is 12.8. The van der Waals surface area contributed by atoms with Gasteiger partial charge in [0.15, 0.2) is 0 Å². The molecule has 0 aliphatic rings. The molecule has 1 aromatic carbocycles. The first-order chi connectivity index (χ1) is 8.00. The predicted octanol–water partition coefficient (Wildman–Crippen LogP) is -0.172. The number of hydrogen-bond donors (Lipinski definition) is 3. The predicted molar refractivity (Wildman–Crippen MR) is 73.5 cm³/mol. The van der Waals surface area contributed by atoms with E-state index in [9.17, 15) is 0 Å². The van der Waals surface area contributed by atoms with E-state index in [0.717, 1.165) is 5.56 Å². The Balaban J connectivity index is 2.52. The molecule has 92 valence electrons. The van der Waals surface area contributed by atoms with Crippen molar-refractivity contribution in [3.05, 3.63) is 35.9 Å². The fraction of sp³-hybridized carbons (Fsp3) is 0.364. The highest BCUT2D eigenvalue weighted by atomic mass is 32.1. The molecule has 6 heteroatoms. The molecule has 4 N–H and O–H groups in total. The number of benzene rings is 1. The number of nitrogens with two attached hydrogens (primary N) is 1. The number of rotatable bonds is 5. The van der Waals surface area contributed by atoms with Gasteiger partial charge in [-0.2, -0.15) is 0 Å². The largest absolute Gasteiger partial charge is 0.472 e. The van der Waals surface area contributed by atoms with E-state index in [1.54, 1.807) is 11.9 Å². The second kappa shape index (κ2) is 6.71. The van der Waals surface area contributed by atoms with Crippen molar-refractivity contribution in [2.24, 2.45) is 5.73 Å². The van der Waals surface area contributed by atoms with Crippen molar-refractivity contribution < 1.29 is 10.0 Å². The second-order valence-electron chi connectivity index (χ2n) is 4.00. The number of nitrogens with zero attached hydrogens (tertiary/aromatic N) is 1. The summed E-state index contributed by atoms with van der Waals surface area (Å²) in [7, 11) is 0.300. The molecule has 0 spiro atoms. The fourth-order valence-corrected chi connectivity index (χ4v) is 1.73. The summed E-state index contributed by atoms with van der Waals surface area (Å²) in [6, 6.07) is 9.53. The maximum Gasteiger partial charge on any atom is 0.472 e. The lowest BCUT2D eigenvalue weighted by Crippen LogP contribution is -2.45. The SMILES string of the molecule is CN(CB(O)O)C(=S)[C@@H](N)Cc1ccccc1. The minimum absolute atomic E-state index is 0.0708. The Morgan fingerprint density at radius 3 is 2.53 bits per heavy atom. The molecule has 0 aliphatic heterocycles. The van der Waals surface area contributed by atoms with Crippen LogP contribution < -0.4 is 5.73 Å². The first-order valence-corrected chi connectivity index (χ1v) is 5.82. The third kappa shape index (κ3) is 4.83. The van der Waals surface area contributed by atoms with Crippen LogP contribution in [0, 0.1) is 0 Å². The molecule has 4 nitrogen and oxygen atoms in total. The average Bonchev–Trinajstić information content (AvgIpc) is 2.28. The van der Waals surface area contributed by atoms with Crippen LogP contribution in [0.15, 0.2) is 30.3 Å². The van der Waals surface area contributed by atoms with Gasteiger partial charge in [-0.15, -0.1) is 0 Å². The first kappa shape index (κ1) is 14.1. The lowest BCUT2D eigenvalue weighted by molar-refractivity contribution is 0.377. The average molecular weight is 252 g/mol. The van der Waals surface area contributed by atoms with Crippen molar-refractivity contribution in [3.8, 4) is 0 Å². The van der Waals surface area contributed by atoms with Crippen LogP contribution >= 0.6 is 12.2 Å². The zero-order valence-electron chi connectivity index (χ0n) is 9.78. The normalized spacial score (nSPS) is 12.0. The van der Waals surface area contributed by atoms with Crippen molar-refractivity contribution in [3.63, 3.8) is 0 Å². The minimum atomic E-state index is -1.40. The number of likely N-dealkylation sites (N-methyl/N-ethyl adjacent to an activating group) is 1. The standard InChI is InChI=1S/C11H17BN2O2S/c1-14(8-12(15)16)11(17)10(13)7-9-5-3-2-4-6-9/h2-6,10,15-16H,7-8,13H2,1H3/t10-/m0/s1. The smallest absolute Gasteiger partial charge is 0.426 e. The van der Waals surface area contributed by atoms with E-state index >= 15 is 0 Å². The Labute approximate surface area is 107 Å². The Bertz CT molecular complexity index is 362. The Morgan fingerprint density at radius 1 is 1.41 bits per heavy atom. The topological polar surface area (TPSA) is 69.7 Å². The molecule has 0 fully saturated rings. The number of thiocarbonyl (C=S) groups is 1. The van der Waals surface area contributed by atoms with Gasteiger partial charge in [0.2, 0.25) is 0 Å². The van der Waals surface area contributed by atoms with Crippen LogP contribution in [0.5, 0.6) is 0 Å². The minimum Gasteiger partial charge on any atom is -0.426 e. The lowest BCUT2D eigenvalue weighted by atomic mass is 9.91. The highest BCUT2D eigenvalue weighted by Crippen LogP contribution is 2.04. The monoisotopic (exact) mass is 252 g/mol. The molecule has 0 aliphatic carbocycles. The van der Waals surface area contributed by atoms with Gasteiger partial charge in [-0.25, -0.2) is 0 Å². The van der Waals surface area contributed by atoms with E-state index in [2.05, 4.69) is 0 Å².